The maximum absolute atomic E-state index is 13.3. The Balaban J connectivity index is 2.37. The van der Waals surface area contributed by atoms with Crippen LogP contribution in [0.5, 0.6) is 0 Å². The zero-order valence-electron chi connectivity index (χ0n) is 12.1. The molecule has 1 heterocycles. The Labute approximate surface area is 113 Å². The first kappa shape index (κ1) is 14.4. The van der Waals surface area contributed by atoms with Crippen LogP contribution >= 0.6 is 0 Å². The molecule has 0 bridgehead atoms. The van der Waals surface area contributed by atoms with Gasteiger partial charge in [-0.3, -0.25) is 4.68 Å². The highest BCUT2D eigenvalue weighted by atomic mass is 19.3. The van der Waals surface area contributed by atoms with Gasteiger partial charge in [0.25, 0.3) is 0 Å². The molecule has 1 aromatic heterocycles. The second kappa shape index (κ2) is 4.54. The fourth-order valence-electron chi connectivity index (χ4n) is 3.20. The molecule has 1 aliphatic rings. The van der Waals surface area contributed by atoms with Crippen molar-refractivity contribution in [2.24, 2.45) is 5.73 Å². The van der Waals surface area contributed by atoms with Crippen LogP contribution in [-0.4, -0.2) is 15.7 Å². The third-order valence-corrected chi connectivity index (χ3v) is 4.19. The molecular formula is C14H23F2N3. The van der Waals surface area contributed by atoms with Gasteiger partial charge < -0.3 is 5.73 Å². The standard InChI is InChI=1S/C14H23F2N3/c1-9(2)19-11(4)12(10(3)18-19)13(17)5-7-14(15,16)8-6-13/h9H,5-8,17H2,1-4H3. The summed E-state index contributed by atoms with van der Waals surface area (Å²) in [6, 6.07) is 0.251. The van der Waals surface area contributed by atoms with E-state index in [9.17, 15) is 8.78 Å². The van der Waals surface area contributed by atoms with Crippen molar-refractivity contribution in [3.63, 3.8) is 0 Å². The van der Waals surface area contributed by atoms with E-state index in [1.165, 1.54) is 0 Å². The predicted molar refractivity (Wildman–Crippen MR) is 71.4 cm³/mol. The average molecular weight is 271 g/mol. The highest BCUT2D eigenvalue weighted by Crippen LogP contribution is 2.44. The quantitative estimate of drug-likeness (QED) is 0.895. The van der Waals surface area contributed by atoms with Gasteiger partial charge >= 0.3 is 0 Å². The topological polar surface area (TPSA) is 43.8 Å². The van der Waals surface area contributed by atoms with E-state index in [-0.39, 0.29) is 18.9 Å². The van der Waals surface area contributed by atoms with Gasteiger partial charge in [0.2, 0.25) is 5.92 Å². The van der Waals surface area contributed by atoms with Gasteiger partial charge in [-0.1, -0.05) is 0 Å². The molecule has 0 atom stereocenters. The van der Waals surface area contributed by atoms with Gasteiger partial charge in [-0.25, -0.2) is 8.78 Å². The van der Waals surface area contributed by atoms with Crippen LogP contribution in [0.25, 0.3) is 0 Å². The Morgan fingerprint density at radius 2 is 1.68 bits per heavy atom. The number of halogens is 2. The molecule has 0 amide bonds. The number of aromatic nitrogens is 2. The lowest BCUT2D eigenvalue weighted by atomic mass is 9.75. The molecule has 2 N–H and O–H groups in total. The van der Waals surface area contributed by atoms with E-state index in [0.29, 0.717) is 12.8 Å². The summed E-state index contributed by atoms with van der Waals surface area (Å²) in [5, 5.41) is 4.52. The van der Waals surface area contributed by atoms with Crippen molar-refractivity contribution < 1.29 is 8.78 Å². The van der Waals surface area contributed by atoms with Crippen LogP contribution in [0, 0.1) is 13.8 Å². The molecule has 0 radical (unpaired) electrons. The van der Waals surface area contributed by atoms with Gasteiger partial charge in [-0.2, -0.15) is 5.10 Å². The highest BCUT2D eigenvalue weighted by Gasteiger charge is 2.44. The van der Waals surface area contributed by atoms with Gasteiger partial charge in [0.15, 0.2) is 0 Å². The van der Waals surface area contributed by atoms with Gasteiger partial charge in [-0.05, 0) is 40.5 Å². The molecule has 1 saturated carbocycles. The molecule has 0 aromatic carbocycles. The number of hydrogen-bond acceptors (Lipinski definition) is 2. The molecule has 0 aliphatic heterocycles. The Kier molecular flexibility index (Phi) is 3.45. The summed E-state index contributed by atoms with van der Waals surface area (Å²) in [5.74, 6) is -2.56. The van der Waals surface area contributed by atoms with E-state index >= 15 is 0 Å². The number of aryl methyl sites for hydroxylation is 1. The molecule has 3 nitrogen and oxygen atoms in total. The first-order chi connectivity index (χ1) is 8.66. The molecule has 1 fully saturated rings. The zero-order chi connectivity index (χ0) is 14.4. The van der Waals surface area contributed by atoms with Crippen LogP contribution in [0.1, 0.15) is 62.5 Å². The summed E-state index contributed by atoms with van der Waals surface area (Å²) in [6.45, 7) is 8.02. The van der Waals surface area contributed by atoms with Crippen LogP contribution in [0.3, 0.4) is 0 Å². The fraction of sp³-hybridized carbons (Fsp3) is 0.786. The number of hydrogen-bond donors (Lipinski definition) is 1. The Morgan fingerprint density at radius 1 is 1.16 bits per heavy atom. The number of nitrogens with two attached hydrogens (primary N) is 1. The summed E-state index contributed by atoms with van der Waals surface area (Å²) >= 11 is 0. The second-order valence-corrected chi connectivity index (χ2v) is 6.10. The number of nitrogens with zero attached hydrogens (tertiary/aromatic N) is 2. The molecular weight excluding hydrogens is 248 g/mol. The summed E-state index contributed by atoms with van der Waals surface area (Å²) < 4.78 is 28.6. The SMILES string of the molecule is Cc1nn(C(C)C)c(C)c1C1(N)CCC(F)(F)CC1. The van der Waals surface area contributed by atoms with Crippen molar-refractivity contribution in [3.8, 4) is 0 Å². The Bertz CT molecular complexity index is 467. The minimum absolute atomic E-state index is 0.130. The van der Waals surface area contributed by atoms with Crippen molar-refractivity contribution in [1.82, 2.24) is 9.78 Å². The lowest BCUT2D eigenvalue weighted by Gasteiger charge is -2.37. The summed E-state index contributed by atoms with van der Waals surface area (Å²) in [4.78, 5) is 0. The summed E-state index contributed by atoms with van der Waals surface area (Å²) in [6.07, 6.45) is 0.390. The van der Waals surface area contributed by atoms with Gasteiger partial charge in [-0.15, -0.1) is 0 Å². The van der Waals surface area contributed by atoms with Crippen molar-refractivity contribution >= 4 is 0 Å². The minimum Gasteiger partial charge on any atom is -0.321 e. The van der Waals surface area contributed by atoms with E-state index in [1.807, 2.05) is 18.5 Å². The van der Waals surface area contributed by atoms with Crippen LogP contribution in [-0.2, 0) is 5.54 Å². The molecule has 5 heteroatoms. The van der Waals surface area contributed by atoms with Gasteiger partial charge in [0, 0.05) is 35.7 Å². The Morgan fingerprint density at radius 3 is 2.11 bits per heavy atom. The maximum atomic E-state index is 13.3. The lowest BCUT2D eigenvalue weighted by Crippen LogP contribution is -2.44. The molecule has 1 aliphatic carbocycles. The fourth-order valence-corrected chi connectivity index (χ4v) is 3.20. The van der Waals surface area contributed by atoms with E-state index in [1.54, 1.807) is 0 Å². The molecule has 108 valence electrons. The van der Waals surface area contributed by atoms with Crippen molar-refractivity contribution in [1.29, 1.82) is 0 Å². The summed E-state index contributed by atoms with van der Waals surface area (Å²) in [5.41, 5.74) is 8.64. The minimum atomic E-state index is -2.56. The maximum Gasteiger partial charge on any atom is 0.248 e. The van der Waals surface area contributed by atoms with Gasteiger partial charge in [0.05, 0.1) is 5.69 Å². The van der Waals surface area contributed by atoms with Crippen LogP contribution < -0.4 is 5.73 Å². The van der Waals surface area contributed by atoms with E-state index in [4.69, 9.17) is 5.73 Å². The average Bonchev–Trinajstić information content (AvgIpc) is 2.60. The van der Waals surface area contributed by atoms with Crippen molar-refractivity contribution in [2.75, 3.05) is 0 Å². The van der Waals surface area contributed by atoms with Crippen LogP contribution in [0.2, 0.25) is 0 Å². The molecule has 19 heavy (non-hydrogen) atoms. The zero-order valence-corrected chi connectivity index (χ0v) is 12.1. The van der Waals surface area contributed by atoms with Gasteiger partial charge in [0.1, 0.15) is 0 Å². The first-order valence-electron chi connectivity index (χ1n) is 6.89. The summed E-state index contributed by atoms with van der Waals surface area (Å²) in [7, 11) is 0. The highest BCUT2D eigenvalue weighted by molar-refractivity contribution is 5.33. The normalized spacial score (nSPS) is 21.9. The third-order valence-electron chi connectivity index (χ3n) is 4.19. The molecule has 2 rings (SSSR count). The lowest BCUT2D eigenvalue weighted by molar-refractivity contribution is -0.0515. The smallest absolute Gasteiger partial charge is 0.248 e. The number of rotatable bonds is 2. The van der Waals surface area contributed by atoms with E-state index in [0.717, 1.165) is 17.0 Å². The van der Waals surface area contributed by atoms with Crippen LogP contribution in [0.4, 0.5) is 8.78 Å². The molecule has 0 saturated heterocycles. The molecule has 0 spiro atoms. The third kappa shape index (κ3) is 2.53. The largest absolute Gasteiger partial charge is 0.321 e. The Hall–Kier alpha value is -0.970. The van der Waals surface area contributed by atoms with Crippen molar-refractivity contribution in [3.05, 3.63) is 17.0 Å². The number of alkyl halides is 2. The predicted octanol–water partition coefficient (Wildman–Crippen LogP) is 3.44. The first-order valence-corrected chi connectivity index (χ1v) is 6.89. The molecule has 1 aromatic rings. The van der Waals surface area contributed by atoms with E-state index in [2.05, 4.69) is 18.9 Å². The molecule has 0 unspecified atom stereocenters. The second-order valence-electron chi connectivity index (χ2n) is 6.10. The van der Waals surface area contributed by atoms with Crippen molar-refractivity contribution in [2.45, 2.75) is 70.9 Å². The van der Waals surface area contributed by atoms with Crippen LogP contribution in [0.15, 0.2) is 0 Å². The monoisotopic (exact) mass is 271 g/mol. The van der Waals surface area contributed by atoms with E-state index < -0.39 is 11.5 Å².